The minimum Gasteiger partial charge on any atom is -0.469 e. The van der Waals surface area contributed by atoms with E-state index >= 15 is 0 Å². The molecule has 0 spiro atoms. The van der Waals surface area contributed by atoms with Crippen LogP contribution in [0.1, 0.15) is 55.0 Å². The number of halogens is 7. The first-order valence-electron chi connectivity index (χ1n) is 13.9. The van der Waals surface area contributed by atoms with E-state index in [0.717, 1.165) is 20.4 Å². The second-order valence-corrected chi connectivity index (χ2v) is 11.6. The molecule has 2 aromatic carbocycles. The fraction of sp³-hybridized carbons (Fsp3) is 0.355. The summed E-state index contributed by atoms with van der Waals surface area (Å²) in [6.45, 7) is 3.38. The number of alkyl halides is 6. The Morgan fingerprint density at radius 1 is 0.957 bits per heavy atom. The normalized spacial score (nSPS) is 13.7. The molecule has 47 heavy (non-hydrogen) atoms. The van der Waals surface area contributed by atoms with Crippen LogP contribution in [0.5, 0.6) is 0 Å². The minimum atomic E-state index is -5.07. The van der Waals surface area contributed by atoms with Crippen LogP contribution in [0.3, 0.4) is 0 Å². The summed E-state index contributed by atoms with van der Waals surface area (Å²) in [5.74, 6) is -1.55. The lowest BCUT2D eigenvalue weighted by atomic mass is 9.75. The molecule has 0 aliphatic carbocycles. The summed E-state index contributed by atoms with van der Waals surface area (Å²) in [4.78, 5) is 43.3. The SMILES string of the molecule is COC(=O)CCC(CN=Cc1cc(C(F)(F)F)cc(C(F)(F)F)c1)(C(=O)OC)c1cc(-c2ncnc3c2ncn3C(C)C)ccc1Br. The van der Waals surface area contributed by atoms with Crippen molar-refractivity contribution in [1.82, 2.24) is 19.5 Å². The van der Waals surface area contributed by atoms with Crippen LogP contribution in [0.4, 0.5) is 26.3 Å². The lowest BCUT2D eigenvalue weighted by molar-refractivity contribution is -0.149. The van der Waals surface area contributed by atoms with Gasteiger partial charge in [-0.15, -0.1) is 0 Å². The highest BCUT2D eigenvalue weighted by Crippen LogP contribution is 2.40. The number of aliphatic imine (C=N–C) groups is 1. The van der Waals surface area contributed by atoms with Crippen molar-refractivity contribution in [2.24, 2.45) is 4.99 Å². The maximum Gasteiger partial charge on any atom is 0.416 e. The van der Waals surface area contributed by atoms with Crippen molar-refractivity contribution in [2.45, 2.75) is 50.5 Å². The predicted molar refractivity (Wildman–Crippen MR) is 163 cm³/mol. The summed E-state index contributed by atoms with van der Waals surface area (Å²) in [5.41, 5.74) is -3.12. The molecule has 4 rings (SSSR count). The van der Waals surface area contributed by atoms with Crippen molar-refractivity contribution >= 4 is 45.2 Å². The molecule has 0 radical (unpaired) electrons. The van der Waals surface area contributed by atoms with Gasteiger partial charge in [0.25, 0.3) is 0 Å². The molecule has 0 N–H and O–H groups in total. The van der Waals surface area contributed by atoms with Gasteiger partial charge in [-0.25, -0.2) is 15.0 Å². The maximum atomic E-state index is 13.6. The van der Waals surface area contributed by atoms with Crippen molar-refractivity contribution in [1.29, 1.82) is 0 Å². The number of aromatic nitrogens is 4. The first-order valence-corrected chi connectivity index (χ1v) is 14.7. The second kappa shape index (κ2) is 13.8. The van der Waals surface area contributed by atoms with Crippen LogP contribution in [-0.2, 0) is 36.8 Å². The van der Waals surface area contributed by atoms with Gasteiger partial charge < -0.3 is 14.0 Å². The van der Waals surface area contributed by atoms with E-state index < -0.39 is 52.9 Å². The van der Waals surface area contributed by atoms with E-state index in [1.165, 1.54) is 6.33 Å². The number of carbonyl (C=O) groups is 2. The van der Waals surface area contributed by atoms with Crippen LogP contribution in [0.2, 0.25) is 0 Å². The number of hydrogen-bond acceptors (Lipinski definition) is 8. The second-order valence-electron chi connectivity index (χ2n) is 10.8. The van der Waals surface area contributed by atoms with Crippen LogP contribution in [-0.4, -0.2) is 58.4 Å². The van der Waals surface area contributed by atoms with E-state index in [4.69, 9.17) is 9.47 Å². The number of methoxy groups -OCH3 is 2. The molecular formula is C31H28BrF6N5O4. The summed E-state index contributed by atoms with van der Waals surface area (Å²) >= 11 is 3.45. The number of esters is 2. The number of rotatable bonds is 10. The molecule has 16 heteroatoms. The molecule has 2 heterocycles. The summed E-state index contributed by atoms with van der Waals surface area (Å²) in [6, 6.07) is 6.01. The van der Waals surface area contributed by atoms with Gasteiger partial charge in [0.05, 0.1) is 38.2 Å². The number of ether oxygens (including phenoxy) is 2. The summed E-state index contributed by atoms with van der Waals surface area (Å²) in [6.07, 6.45) is -6.90. The Morgan fingerprint density at radius 3 is 2.19 bits per heavy atom. The van der Waals surface area contributed by atoms with Crippen LogP contribution in [0, 0.1) is 0 Å². The van der Waals surface area contributed by atoms with Gasteiger partial charge in [-0.2, -0.15) is 26.3 Å². The zero-order chi connectivity index (χ0) is 34.7. The van der Waals surface area contributed by atoms with Gasteiger partial charge in [0.2, 0.25) is 0 Å². The zero-order valence-corrected chi connectivity index (χ0v) is 27.0. The number of benzene rings is 2. The highest BCUT2D eigenvalue weighted by Gasteiger charge is 2.44. The fourth-order valence-corrected chi connectivity index (χ4v) is 5.66. The van der Waals surface area contributed by atoms with E-state index in [1.54, 1.807) is 24.5 Å². The third kappa shape index (κ3) is 7.63. The Labute approximate surface area is 273 Å². The Balaban J connectivity index is 1.88. The highest BCUT2D eigenvalue weighted by molar-refractivity contribution is 9.10. The lowest BCUT2D eigenvalue weighted by Gasteiger charge is -2.31. The number of imidazole rings is 1. The number of fused-ring (bicyclic) bond motifs is 1. The largest absolute Gasteiger partial charge is 0.469 e. The Morgan fingerprint density at radius 2 is 1.62 bits per heavy atom. The van der Waals surface area contributed by atoms with Crippen LogP contribution >= 0.6 is 15.9 Å². The van der Waals surface area contributed by atoms with E-state index in [9.17, 15) is 35.9 Å². The topological polar surface area (TPSA) is 109 Å². The Hall–Kier alpha value is -4.34. The minimum absolute atomic E-state index is 0.00335. The maximum absolute atomic E-state index is 13.6. The fourth-order valence-electron chi connectivity index (χ4n) is 5.03. The third-order valence-electron chi connectivity index (χ3n) is 7.44. The van der Waals surface area contributed by atoms with E-state index in [1.807, 2.05) is 18.4 Å². The molecular weight excluding hydrogens is 700 g/mol. The van der Waals surface area contributed by atoms with Crippen molar-refractivity contribution in [3.8, 4) is 11.3 Å². The van der Waals surface area contributed by atoms with Crippen LogP contribution in [0.25, 0.3) is 22.4 Å². The summed E-state index contributed by atoms with van der Waals surface area (Å²) in [5, 5.41) is 0. The van der Waals surface area contributed by atoms with E-state index in [0.29, 0.717) is 39.0 Å². The summed E-state index contributed by atoms with van der Waals surface area (Å²) in [7, 11) is 2.25. The van der Waals surface area contributed by atoms with E-state index in [-0.39, 0.29) is 30.5 Å². The van der Waals surface area contributed by atoms with Gasteiger partial charge in [-0.3, -0.25) is 14.6 Å². The average molecular weight is 728 g/mol. The van der Waals surface area contributed by atoms with Crippen LogP contribution in [0.15, 0.2) is 58.5 Å². The molecule has 0 saturated carbocycles. The summed E-state index contributed by atoms with van der Waals surface area (Å²) < 4.78 is 92.9. The zero-order valence-electron chi connectivity index (χ0n) is 25.4. The Kier molecular flexibility index (Phi) is 10.4. The highest BCUT2D eigenvalue weighted by atomic mass is 79.9. The monoisotopic (exact) mass is 727 g/mol. The quantitative estimate of drug-likeness (QED) is 0.0955. The predicted octanol–water partition coefficient (Wildman–Crippen LogP) is 7.36. The molecule has 0 bridgehead atoms. The average Bonchev–Trinajstić information content (AvgIpc) is 3.46. The standard InChI is InChI=1S/C31H28BrF6N5O4/c1-17(2)43-16-42-26-25(40-15-41-27(26)43)19-5-6-23(32)22(11-19)29(28(45)47-4,8-7-24(44)46-3)14-39-13-18-9-20(30(33,34)35)12-21(10-18)31(36,37)38/h5-6,9-13,15-17H,7-8,14H2,1-4H3. The number of nitrogens with zero attached hydrogens (tertiary/aromatic N) is 5. The van der Waals surface area contributed by atoms with Gasteiger partial charge in [-0.05, 0) is 61.7 Å². The molecule has 1 unspecified atom stereocenters. The van der Waals surface area contributed by atoms with Crippen molar-refractivity contribution in [2.75, 3.05) is 20.8 Å². The van der Waals surface area contributed by atoms with Crippen molar-refractivity contribution in [3.05, 3.63) is 75.8 Å². The van der Waals surface area contributed by atoms with Gasteiger partial charge in [0.15, 0.2) is 5.65 Å². The molecule has 9 nitrogen and oxygen atoms in total. The number of hydrogen-bond donors (Lipinski definition) is 0. The molecule has 0 saturated heterocycles. The molecule has 2 aromatic heterocycles. The molecule has 4 aromatic rings. The molecule has 0 amide bonds. The third-order valence-corrected chi connectivity index (χ3v) is 8.13. The molecule has 250 valence electrons. The van der Waals surface area contributed by atoms with Crippen molar-refractivity contribution in [3.63, 3.8) is 0 Å². The van der Waals surface area contributed by atoms with Gasteiger partial charge >= 0.3 is 24.3 Å². The molecule has 0 fully saturated rings. The van der Waals surface area contributed by atoms with Crippen molar-refractivity contribution < 1.29 is 45.4 Å². The lowest BCUT2D eigenvalue weighted by Crippen LogP contribution is -2.41. The molecule has 0 aliphatic rings. The Bertz CT molecular complexity index is 1790. The van der Waals surface area contributed by atoms with Crippen LogP contribution < -0.4 is 0 Å². The first kappa shape index (κ1) is 35.5. The first-order chi connectivity index (χ1) is 22.0. The van der Waals surface area contributed by atoms with Gasteiger partial charge in [0.1, 0.15) is 23.0 Å². The van der Waals surface area contributed by atoms with E-state index in [2.05, 4.69) is 35.9 Å². The molecule has 1 atom stereocenters. The smallest absolute Gasteiger partial charge is 0.416 e. The molecule has 0 aliphatic heterocycles. The van der Waals surface area contributed by atoms with Gasteiger partial charge in [0, 0.05) is 28.7 Å². The number of carbonyl (C=O) groups excluding carboxylic acids is 2. The van der Waals surface area contributed by atoms with Gasteiger partial charge in [-0.1, -0.05) is 22.0 Å².